The monoisotopic (exact) mass is 489 g/mol. The van der Waals surface area contributed by atoms with Gasteiger partial charge in [-0.2, -0.15) is 0 Å². The highest BCUT2D eigenvalue weighted by molar-refractivity contribution is 6.09. The summed E-state index contributed by atoms with van der Waals surface area (Å²) in [7, 11) is 0. The lowest BCUT2D eigenvalue weighted by Gasteiger charge is -2.20. The molecule has 0 fully saturated rings. The Balaban J connectivity index is 1.57. The third-order valence-electron chi connectivity index (χ3n) is 7.32. The quantitative estimate of drug-likeness (QED) is 0.240. The van der Waals surface area contributed by atoms with Crippen molar-refractivity contribution in [2.75, 3.05) is 0 Å². The molecule has 0 aliphatic rings. The van der Waals surface area contributed by atoms with Gasteiger partial charge in [-0.25, -0.2) is 0 Å². The normalized spacial score (nSPS) is 11.6. The van der Waals surface area contributed by atoms with Gasteiger partial charge in [-0.3, -0.25) is 4.98 Å². The van der Waals surface area contributed by atoms with E-state index < -0.39 is 0 Å². The molecule has 38 heavy (non-hydrogen) atoms. The lowest BCUT2D eigenvalue weighted by molar-refractivity contribution is 0.590. The maximum Gasteiger partial charge on any atom is 0.0714 e. The Morgan fingerprint density at radius 3 is 1.61 bits per heavy atom. The molecule has 0 radical (unpaired) electrons. The molecule has 184 valence electrons. The highest BCUT2D eigenvalue weighted by Crippen LogP contribution is 2.42. The second-order valence-electron chi connectivity index (χ2n) is 10.9. The maximum atomic E-state index is 4.97. The molecule has 1 aromatic heterocycles. The number of hydrogen-bond donors (Lipinski definition) is 0. The standard InChI is InChI=1S/C37H31N/c1-37(2,3)31-23-21-28(22-24-31)32-15-10-16-34-36(32)35(30-13-8-5-9-14-30)33(25-38-34)29-19-17-27(18-20-29)26-11-6-4-7-12-26/h4-25H,1-3H3. The van der Waals surface area contributed by atoms with E-state index in [4.69, 9.17) is 4.98 Å². The summed E-state index contributed by atoms with van der Waals surface area (Å²) in [5, 5.41) is 1.19. The van der Waals surface area contributed by atoms with E-state index in [1.54, 1.807) is 0 Å². The molecule has 0 amide bonds. The largest absolute Gasteiger partial charge is 0.256 e. The maximum absolute atomic E-state index is 4.97. The van der Waals surface area contributed by atoms with Crippen LogP contribution in [0, 0.1) is 0 Å². The molecule has 6 aromatic rings. The molecule has 0 saturated heterocycles. The smallest absolute Gasteiger partial charge is 0.0714 e. The summed E-state index contributed by atoms with van der Waals surface area (Å²) in [5.41, 5.74) is 12.0. The minimum absolute atomic E-state index is 0.118. The Morgan fingerprint density at radius 1 is 0.447 bits per heavy atom. The van der Waals surface area contributed by atoms with Crippen molar-refractivity contribution >= 4 is 10.9 Å². The topological polar surface area (TPSA) is 12.9 Å². The third kappa shape index (κ3) is 4.53. The highest BCUT2D eigenvalue weighted by Gasteiger charge is 2.18. The summed E-state index contributed by atoms with van der Waals surface area (Å²) in [5.74, 6) is 0. The molecule has 0 saturated carbocycles. The Bertz CT molecular complexity index is 1690. The number of pyridine rings is 1. The van der Waals surface area contributed by atoms with Gasteiger partial charge >= 0.3 is 0 Å². The van der Waals surface area contributed by atoms with Gasteiger partial charge in [0.2, 0.25) is 0 Å². The SMILES string of the molecule is CC(C)(C)c1ccc(-c2cccc3ncc(-c4ccc(-c5ccccc5)cc4)c(-c4ccccc4)c23)cc1. The van der Waals surface area contributed by atoms with E-state index in [-0.39, 0.29) is 5.41 Å². The highest BCUT2D eigenvalue weighted by atomic mass is 14.7. The molecule has 0 bridgehead atoms. The van der Waals surface area contributed by atoms with Crippen molar-refractivity contribution in [2.45, 2.75) is 26.2 Å². The lowest BCUT2D eigenvalue weighted by Crippen LogP contribution is -2.10. The van der Waals surface area contributed by atoms with Gasteiger partial charge in [0, 0.05) is 22.7 Å². The predicted octanol–water partition coefficient (Wildman–Crippen LogP) is 10.2. The second kappa shape index (κ2) is 9.76. The first kappa shape index (κ1) is 23.9. The van der Waals surface area contributed by atoms with Crippen molar-refractivity contribution in [1.29, 1.82) is 0 Å². The molecular formula is C37H31N. The minimum Gasteiger partial charge on any atom is -0.256 e. The number of rotatable bonds is 4. The number of hydrogen-bond acceptors (Lipinski definition) is 1. The van der Waals surface area contributed by atoms with Gasteiger partial charge in [-0.1, -0.05) is 142 Å². The molecule has 0 spiro atoms. The van der Waals surface area contributed by atoms with Gasteiger partial charge in [-0.15, -0.1) is 0 Å². The van der Waals surface area contributed by atoms with Gasteiger partial charge in [0.1, 0.15) is 0 Å². The summed E-state index contributed by atoms with van der Waals surface area (Å²) in [6, 6.07) is 45.6. The van der Waals surface area contributed by atoms with E-state index in [1.807, 2.05) is 6.20 Å². The number of aromatic nitrogens is 1. The third-order valence-corrected chi connectivity index (χ3v) is 7.32. The van der Waals surface area contributed by atoms with Crippen molar-refractivity contribution in [3.8, 4) is 44.5 Å². The van der Waals surface area contributed by atoms with Crippen LogP contribution in [0.4, 0.5) is 0 Å². The summed E-state index contributed by atoms with van der Waals surface area (Å²) < 4.78 is 0. The van der Waals surface area contributed by atoms with Crippen LogP contribution in [0.2, 0.25) is 0 Å². The van der Waals surface area contributed by atoms with E-state index in [0.29, 0.717) is 0 Å². The summed E-state index contributed by atoms with van der Waals surface area (Å²) in [6.45, 7) is 6.77. The molecule has 0 unspecified atom stereocenters. The number of nitrogens with zero attached hydrogens (tertiary/aromatic N) is 1. The van der Waals surface area contributed by atoms with Crippen LogP contribution in [-0.2, 0) is 5.41 Å². The van der Waals surface area contributed by atoms with Gasteiger partial charge in [0.25, 0.3) is 0 Å². The summed E-state index contributed by atoms with van der Waals surface area (Å²) in [4.78, 5) is 4.97. The Kier molecular flexibility index (Phi) is 6.13. The molecule has 1 nitrogen and oxygen atoms in total. The van der Waals surface area contributed by atoms with Crippen LogP contribution in [0.5, 0.6) is 0 Å². The van der Waals surface area contributed by atoms with Crippen molar-refractivity contribution < 1.29 is 0 Å². The number of fused-ring (bicyclic) bond motifs is 1. The van der Waals surface area contributed by atoms with E-state index in [9.17, 15) is 0 Å². The van der Waals surface area contributed by atoms with Crippen LogP contribution in [-0.4, -0.2) is 4.98 Å². The van der Waals surface area contributed by atoms with Crippen molar-refractivity contribution in [3.05, 3.63) is 139 Å². The fourth-order valence-corrected chi connectivity index (χ4v) is 5.23. The van der Waals surface area contributed by atoms with Crippen molar-refractivity contribution in [3.63, 3.8) is 0 Å². The van der Waals surface area contributed by atoms with Crippen LogP contribution in [0.1, 0.15) is 26.3 Å². The van der Waals surface area contributed by atoms with E-state index in [1.165, 1.54) is 44.3 Å². The van der Waals surface area contributed by atoms with Crippen LogP contribution >= 0.6 is 0 Å². The zero-order valence-electron chi connectivity index (χ0n) is 22.1. The van der Waals surface area contributed by atoms with Gasteiger partial charge < -0.3 is 0 Å². The zero-order valence-corrected chi connectivity index (χ0v) is 22.1. The first-order valence-electron chi connectivity index (χ1n) is 13.2. The first-order chi connectivity index (χ1) is 18.5. The van der Waals surface area contributed by atoms with Crippen LogP contribution in [0.25, 0.3) is 55.4 Å². The average Bonchev–Trinajstić information content (AvgIpc) is 2.97. The second-order valence-corrected chi connectivity index (χ2v) is 10.9. The fraction of sp³-hybridized carbons (Fsp3) is 0.108. The van der Waals surface area contributed by atoms with Crippen molar-refractivity contribution in [2.24, 2.45) is 0 Å². The molecule has 0 aliphatic heterocycles. The van der Waals surface area contributed by atoms with Gasteiger partial charge in [-0.05, 0) is 50.4 Å². The Hall–Kier alpha value is -4.49. The van der Waals surface area contributed by atoms with Crippen LogP contribution < -0.4 is 0 Å². The zero-order chi connectivity index (χ0) is 26.1. The average molecular weight is 490 g/mol. The molecule has 1 heterocycles. The number of benzene rings is 5. The molecular weight excluding hydrogens is 458 g/mol. The van der Waals surface area contributed by atoms with Crippen LogP contribution in [0.3, 0.4) is 0 Å². The van der Waals surface area contributed by atoms with E-state index in [2.05, 4.69) is 148 Å². The summed E-state index contributed by atoms with van der Waals surface area (Å²) in [6.07, 6.45) is 2.04. The van der Waals surface area contributed by atoms with Crippen molar-refractivity contribution in [1.82, 2.24) is 4.98 Å². The minimum atomic E-state index is 0.118. The first-order valence-corrected chi connectivity index (χ1v) is 13.2. The van der Waals surface area contributed by atoms with E-state index in [0.717, 1.165) is 16.6 Å². The molecule has 0 atom stereocenters. The van der Waals surface area contributed by atoms with Crippen LogP contribution in [0.15, 0.2) is 134 Å². The Labute approximate surface area is 225 Å². The molecule has 1 heteroatoms. The molecule has 0 aliphatic carbocycles. The van der Waals surface area contributed by atoms with Gasteiger partial charge in [0.15, 0.2) is 0 Å². The lowest BCUT2D eigenvalue weighted by atomic mass is 9.85. The molecule has 5 aromatic carbocycles. The fourth-order valence-electron chi connectivity index (χ4n) is 5.23. The Morgan fingerprint density at radius 2 is 0.974 bits per heavy atom. The summed E-state index contributed by atoms with van der Waals surface area (Å²) >= 11 is 0. The van der Waals surface area contributed by atoms with Gasteiger partial charge in [0.05, 0.1) is 5.52 Å². The van der Waals surface area contributed by atoms with E-state index >= 15 is 0 Å². The molecule has 0 N–H and O–H groups in total. The predicted molar refractivity (Wildman–Crippen MR) is 162 cm³/mol. The molecule has 6 rings (SSSR count).